The zero-order chi connectivity index (χ0) is 16.1. The molecule has 120 valence electrons. The number of rotatable bonds is 6. The predicted molar refractivity (Wildman–Crippen MR) is 86.8 cm³/mol. The first kappa shape index (κ1) is 16.5. The summed E-state index contributed by atoms with van der Waals surface area (Å²) in [6.45, 7) is 6.22. The van der Waals surface area contributed by atoms with E-state index in [2.05, 4.69) is 19.3 Å². The van der Waals surface area contributed by atoms with Crippen molar-refractivity contribution in [2.75, 3.05) is 0 Å². The molecule has 1 saturated heterocycles. The van der Waals surface area contributed by atoms with E-state index in [9.17, 15) is 9.59 Å². The highest BCUT2D eigenvalue weighted by Crippen LogP contribution is 2.30. The van der Waals surface area contributed by atoms with Crippen LogP contribution >= 0.6 is 0 Å². The zero-order valence-corrected chi connectivity index (χ0v) is 13.8. The lowest BCUT2D eigenvalue weighted by Crippen LogP contribution is -2.43. The van der Waals surface area contributed by atoms with E-state index in [0.717, 1.165) is 31.2 Å². The average Bonchev–Trinajstić information content (AvgIpc) is 2.89. The Morgan fingerprint density at radius 2 is 1.82 bits per heavy atom. The summed E-state index contributed by atoms with van der Waals surface area (Å²) in [5, 5.41) is 1.57. The van der Waals surface area contributed by atoms with Crippen molar-refractivity contribution >= 4 is 11.8 Å². The lowest BCUT2D eigenvalue weighted by molar-refractivity contribution is -0.142. The number of hydrazine groups is 1. The first-order valence-corrected chi connectivity index (χ1v) is 8.25. The molecule has 22 heavy (non-hydrogen) atoms. The quantitative estimate of drug-likeness (QED) is 0.874. The summed E-state index contributed by atoms with van der Waals surface area (Å²) in [6.07, 6.45) is 4.06. The maximum Gasteiger partial charge on any atom is 0.244 e. The SMILES string of the molecule is CCCC(CCC)C(=O)N1NC(=O)CC1c1ccc(C)cc1. The minimum absolute atomic E-state index is 0.00125. The Hall–Kier alpha value is -1.84. The van der Waals surface area contributed by atoms with Crippen LogP contribution in [0.4, 0.5) is 0 Å². The summed E-state index contributed by atoms with van der Waals surface area (Å²) >= 11 is 0. The van der Waals surface area contributed by atoms with Crippen molar-refractivity contribution in [1.82, 2.24) is 10.4 Å². The number of benzene rings is 1. The van der Waals surface area contributed by atoms with Gasteiger partial charge in [0, 0.05) is 5.92 Å². The fraction of sp³-hybridized carbons (Fsp3) is 0.556. The van der Waals surface area contributed by atoms with Gasteiger partial charge in [-0.3, -0.25) is 15.0 Å². The van der Waals surface area contributed by atoms with Gasteiger partial charge in [0.1, 0.15) is 0 Å². The molecule has 1 atom stereocenters. The third kappa shape index (κ3) is 3.67. The molecule has 0 aromatic heterocycles. The van der Waals surface area contributed by atoms with Crippen LogP contribution in [0.1, 0.15) is 63.1 Å². The summed E-state index contributed by atoms with van der Waals surface area (Å²) in [5.41, 5.74) is 4.95. The van der Waals surface area contributed by atoms with Crippen LogP contribution in [-0.4, -0.2) is 16.8 Å². The minimum Gasteiger partial charge on any atom is -0.273 e. The molecule has 1 aromatic rings. The number of nitrogens with zero attached hydrogens (tertiary/aromatic N) is 1. The second-order valence-corrected chi connectivity index (χ2v) is 6.15. The van der Waals surface area contributed by atoms with Crippen LogP contribution in [0, 0.1) is 12.8 Å². The first-order valence-electron chi connectivity index (χ1n) is 8.25. The third-order valence-electron chi connectivity index (χ3n) is 4.26. The van der Waals surface area contributed by atoms with Crippen LogP contribution in [0.3, 0.4) is 0 Å². The molecular formula is C18H26N2O2. The number of aryl methyl sites for hydroxylation is 1. The lowest BCUT2D eigenvalue weighted by Gasteiger charge is -2.28. The Bertz CT molecular complexity index is 518. The van der Waals surface area contributed by atoms with Crippen molar-refractivity contribution < 1.29 is 9.59 Å². The molecule has 4 nitrogen and oxygen atoms in total. The van der Waals surface area contributed by atoms with Gasteiger partial charge >= 0.3 is 0 Å². The Kier molecular flexibility index (Phi) is 5.58. The molecule has 1 heterocycles. The van der Waals surface area contributed by atoms with Crippen LogP contribution in [-0.2, 0) is 9.59 Å². The van der Waals surface area contributed by atoms with E-state index in [0.29, 0.717) is 6.42 Å². The fourth-order valence-electron chi connectivity index (χ4n) is 3.07. The fourth-order valence-corrected chi connectivity index (χ4v) is 3.07. The summed E-state index contributed by atoms with van der Waals surface area (Å²) in [6, 6.07) is 7.88. The Labute approximate surface area is 132 Å². The van der Waals surface area contributed by atoms with Crippen LogP contribution in [0.5, 0.6) is 0 Å². The van der Waals surface area contributed by atoms with Crippen LogP contribution in [0.25, 0.3) is 0 Å². The van der Waals surface area contributed by atoms with E-state index in [1.807, 2.05) is 31.2 Å². The maximum atomic E-state index is 12.8. The normalized spacial score (nSPS) is 17.9. The van der Waals surface area contributed by atoms with Gasteiger partial charge in [0.2, 0.25) is 11.8 Å². The number of carbonyl (C=O) groups excluding carboxylic acids is 2. The first-order chi connectivity index (χ1) is 10.6. The van der Waals surface area contributed by atoms with Gasteiger partial charge in [-0.1, -0.05) is 56.5 Å². The highest BCUT2D eigenvalue weighted by molar-refractivity contribution is 5.87. The van der Waals surface area contributed by atoms with E-state index in [-0.39, 0.29) is 23.8 Å². The van der Waals surface area contributed by atoms with Crippen molar-refractivity contribution in [2.45, 2.75) is 58.9 Å². The molecule has 1 unspecified atom stereocenters. The largest absolute Gasteiger partial charge is 0.273 e. The van der Waals surface area contributed by atoms with Gasteiger partial charge in [-0.05, 0) is 25.3 Å². The Balaban J connectivity index is 2.20. The molecule has 4 heteroatoms. The number of amides is 2. The molecule has 0 bridgehead atoms. The van der Waals surface area contributed by atoms with Gasteiger partial charge < -0.3 is 0 Å². The number of carbonyl (C=O) groups is 2. The van der Waals surface area contributed by atoms with Crippen molar-refractivity contribution in [1.29, 1.82) is 0 Å². The molecule has 0 saturated carbocycles. The van der Waals surface area contributed by atoms with Crippen LogP contribution < -0.4 is 5.43 Å². The highest BCUT2D eigenvalue weighted by Gasteiger charge is 2.37. The van der Waals surface area contributed by atoms with Crippen LogP contribution in [0.2, 0.25) is 0 Å². The number of hydrogen-bond acceptors (Lipinski definition) is 2. The minimum atomic E-state index is -0.184. The second kappa shape index (κ2) is 7.43. The van der Waals surface area contributed by atoms with Crippen molar-refractivity contribution in [3.05, 3.63) is 35.4 Å². The van der Waals surface area contributed by atoms with E-state index < -0.39 is 0 Å². The Morgan fingerprint density at radius 3 is 2.36 bits per heavy atom. The monoisotopic (exact) mass is 302 g/mol. The smallest absolute Gasteiger partial charge is 0.244 e. The van der Waals surface area contributed by atoms with Gasteiger partial charge in [0.05, 0.1) is 12.5 Å². The summed E-state index contributed by atoms with van der Waals surface area (Å²) in [5.74, 6) is -0.0212. The highest BCUT2D eigenvalue weighted by atomic mass is 16.2. The topological polar surface area (TPSA) is 49.4 Å². The molecule has 1 N–H and O–H groups in total. The molecule has 2 rings (SSSR count). The molecule has 2 amide bonds. The third-order valence-corrected chi connectivity index (χ3v) is 4.26. The van der Waals surface area contributed by atoms with E-state index in [1.165, 1.54) is 5.56 Å². The molecular weight excluding hydrogens is 276 g/mol. The van der Waals surface area contributed by atoms with E-state index in [4.69, 9.17) is 0 Å². The van der Waals surface area contributed by atoms with E-state index >= 15 is 0 Å². The van der Waals surface area contributed by atoms with Crippen molar-refractivity contribution in [3.63, 3.8) is 0 Å². The number of hydrogen-bond donors (Lipinski definition) is 1. The molecule has 0 aliphatic carbocycles. The van der Waals surface area contributed by atoms with Crippen molar-refractivity contribution in [3.8, 4) is 0 Å². The summed E-state index contributed by atoms with van der Waals surface area (Å²) in [7, 11) is 0. The average molecular weight is 302 g/mol. The summed E-state index contributed by atoms with van der Waals surface area (Å²) < 4.78 is 0. The van der Waals surface area contributed by atoms with Gasteiger partial charge in [-0.15, -0.1) is 0 Å². The molecule has 0 spiro atoms. The standard InChI is InChI=1S/C18H26N2O2/c1-4-6-15(7-5-2)18(22)20-16(12-17(21)19-20)14-10-8-13(3)9-11-14/h8-11,15-16H,4-7,12H2,1-3H3,(H,19,21). The second-order valence-electron chi connectivity index (χ2n) is 6.15. The van der Waals surface area contributed by atoms with Crippen molar-refractivity contribution in [2.24, 2.45) is 5.92 Å². The van der Waals surface area contributed by atoms with Gasteiger partial charge in [-0.2, -0.15) is 0 Å². The number of nitrogens with one attached hydrogen (secondary N) is 1. The molecule has 1 fully saturated rings. The molecule has 1 aliphatic rings. The predicted octanol–water partition coefficient (Wildman–Crippen LogP) is 3.52. The summed E-state index contributed by atoms with van der Waals surface area (Å²) in [4.78, 5) is 24.7. The lowest BCUT2D eigenvalue weighted by atomic mass is 9.95. The van der Waals surface area contributed by atoms with Crippen LogP contribution in [0.15, 0.2) is 24.3 Å². The molecule has 0 radical (unpaired) electrons. The molecule has 1 aromatic carbocycles. The van der Waals surface area contributed by atoms with Gasteiger partial charge in [-0.25, -0.2) is 5.01 Å². The van der Waals surface area contributed by atoms with E-state index in [1.54, 1.807) is 5.01 Å². The Morgan fingerprint density at radius 1 is 1.23 bits per heavy atom. The zero-order valence-electron chi connectivity index (χ0n) is 13.8. The maximum absolute atomic E-state index is 12.8. The van der Waals surface area contributed by atoms with Gasteiger partial charge in [0.25, 0.3) is 0 Å². The van der Waals surface area contributed by atoms with Gasteiger partial charge in [0.15, 0.2) is 0 Å². The molecule has 1 aliphatic heterocycles.